The summed E-state index contributed by atoms with van der Waals surface area (Å²) in [6, 6.07) is 5.40. The Bertz CT molecular complexity index is 709. The van der Waals surface area contributed by atoms with E-state index in [1.54, 1.807) is 48.5 Å². The van der Waals surface area contributed by atoms with Gasteiger partial charge in [0.05, 0.1) is 14.2 Å². The number of methoxy groups -OCH3 is 2. The molecule has 0 spiro atoms. The Morgan fingerprint density at radius 2 is 1.84 bits per heavy atom. The lowest BCUT2D eigenvalue weighted by molar-refractivity contribution is -0.158. The van der Waals surface area contributed by atoms with Gasteiger partial charge >= 0.3 is 0 Å². The first-order valence-electron chi connectivity index (χ1n) is 8.52. The van der Waals surface area contributed by atoms with E-state index in [1.807, 2.05) is 6.92 Å². The lowest BCUT2D eigenvalue weighted by Gasteiger charge is -2.29. The summed E-state index contributed by atoms with van der Waals surface area (Å²) in [6.45, 7) is 3.14. The number of nitrogens with zero attached hydrogens (tertiary/aromatic N) is 2. The van der Waals surface area contributed by atoms with E-state index in [2.05, 4.69) is 0 Å². The third-order valence-electron chi connectivity index (χ3n) is 4.88. The first kappa shape index (κ1) is 17.3. The predicted molar refractivity (Wildman–Crippen MR) is 94.0 cm³/mol. The van der Waals surface area contributed by atoms with Crippen LogP contribution in [0.3, 0.4) is 0 Å². The van der Waals surface area contributed by atoms with Crippen molar-refractivity contribution in [2.45, 2.75) is 26.2 Å². The van der Waals surface area contributed by atoms with Crippen LogP contribution in [0, 0.1) is 5.41 Å². The van der Waals surface area contributed by atoms with Gasteiger partial charge in [0.15, 0.2) is 0 Å². The minimum Gasteiger partial charge on any atom is -0.497 e. The predicted octanol–water partition coefficient (Wildman–Crippen LogP) is 2.49. The third kappa shape index (κ3) is 3.48. The topological polar surface area (TPSA) is 59.1 Å². The molecule has 1 aromatic carbocycles. The summed E-state index contributed by atoms with van der Waals surface area (Å²) in [5.74, 6) is 1.21. The molecule has 6 nitrogen and oxygen atoms in total. The van der Waals surface area contributed by atoms with Crippen LogP contribution < -0.4 is 9.47 Å². The van der Waals surface area contributed by atoms with Gasteiger partial charge in [0.1, 0.15) is 11.5 Å². The van der Waals surface area contributed by atoms with Crippen molar-refractivity contribution in [3.63, 3.8) is 0 Å². The second kappa shape index (κ2) is 6.78. The molecule has 3 rings (SSSR count). The number of hydrogen-bond donors (Lipinski definition) is 0. The van der Waals surface area contributed by atoms with Crippen molar-refractivity contribution in [2.75, 3.05) is 27.3 Å². The van der Waals surface area contributed by atoms with E-state index in [1.165, 1.54) is 6.08 Å². The van der Waals surface area contributed by atoms with Crippen LogP contribution in [-0.4, -0.2) is 49.1 Å². The van der Waals surface area contributed by atoms with Gasteiger partial charge in [-0.25, -0.2) is 5.01 Å². The highest BCUT2D eigenvalue weighted by molar-refractivity contribution is 5.95. The Morgan fingerprint density at radius 3 is 2.48 bits per heavy atom. The molecule has 134 valence electrons. The van der Waals surface area contributed by atoms with Gasteiger partial charge in [0.2, 0.25) is 5.91 Å². The number of carbonyl (C=O) groups is 2. The zero-order valence-electron chi connectivity index (χ0n) is 14.9. The second-order valence-electron chi connectivity index (χ2n) is 6.75. The minimum absolute atomic E-state index is 0.0608. The van der Waals surface area contributed by atoms with Crippen molar-refractivity contribution in [3.8, 4) is 11.5 Å². The van der Waals surface area contributed by atoms with Crippen molar-refractivity contribution in [1.29, 1.82) is 0 Å². The fourth-order valence-electron chi connectivity index (χ4n) is 2.98. The SMILES string of the molecule is COc1ccc(OC)c(/C=C/C(=O)N2CCCN2C(=O)C2(C)CC2)c1. The first-order chi connectivity index (χ1) is 12.0. The summed E-state index contributed by atoms with van der Waals surface area (Å²) in [5.41, 5.74) is 0.476. The van der Waals surface area contributed by atoms with Crippen molar-refractivity contribution in [2.24, 2.45) is 5.41 Å². The van der Waals surface area contributed by atoms with E-state index in [0.29, 0.717) is 24.6 Å². The zero-order valence-corrected chi connectivity index (χ0v) is 14.9. The van der Waals surface area contributed by atoms with E-state index in [0.717, 1.165) is 24.8 Å². The van der Waals surface area contributed by atoms with Crippen LogP contribution in [0.5, 0.6) is 11.5 Å². The summed E-state index contributed by atoms with van der Waals surface area (Å²) >= 11 is 0. The second-order valence-corrected chi connectivity index (χ2v) is 6.75. The van der Waals surface area contributed by atoms with Crippen LogP contribution in [0.4, 0.5) is 0 Å². The van der Waals surface area contributed by atoms with Gasteiger partial charge in [-0.2, -0.15) is 0 Å². The molecule has 0 N–H and O–H groups in total. The van der Waals surface area contributed by atoms with Gasteiger partial charge < -0.3 is 9.47 Å². The summed E-state index contributed by atoms with van der Waals surface area (Å²) in [7, 11) is 3.17. The number of hydrogen-bond acceptors (Lipinski definition) is 4. The average molecular weight is 344 g/mol. The molecule has 25 heavy (non-hydrogen) atoms. The van der Waals surface area contributed by atoms with E-state index >= 15 is 0 Å². The van der Waals surface area contributed by atoms with E-state index in [-0.39, 0.29) is 17.2 Å². The molecule has 0 aromatic heterocycles. The standard InChI is InChI=1S/C19H24N2O4/c1-19(9-10-19)18(23)21-12-4-11-20(21)17(22)8-5-14-13-15(24-2)6-7-16(14)25-3/h5-8,13H,4,9-12H2,1-3H3/b8-5+. The largest absolute Gasteiger partial charge is 0.497 e. The van der Waals surface area contributed by atoms with Gasteiger partial charge in [0, 0.05) is 30.1 Å². The summed E-state index contributed by atoms with van der Waals surface area (Å²) in [6.07, 6.45) is 5.80. The van der Waals surface area contributed by atoms with Gasteiger partial charge in [-0.15, -0.1) is 0 Å². The average Bonchev–Trinajstić information content (AvgIpc) is 3.20. The van der Waals surface area contributed by atoms with Crippen molar-refractivity contribution >= 4 is 17.9 Å². The molecule has 6 heteroatoms. The Kier molecular flexibility index (Phi) is 4.70. The molecule has 1 aliphatic heterocycles. The van der Waals surface area contributed by atoms with Crippen molar-refractivity contribution in [3.05, 3.63) is 29.8 Å². The van der Waals surface area contributed by atoms with Gasteiger partial charge in [0.25, 0.3) is 5.91 Å². The highest BCUT2D eigenvalue weighted by Crippen LogP contribution is 2.47. The summed E-state index contributed by atoms with van der Waals surface area (Å²) in [5, 5.41) is 3.16. The molecule has 0 bridgehead atoms. The lowest BCUT2D eigenvalue weighted by atomic mass is 10.1. The monoisotopic (exact) mass is 344 g/mol. The normalized spacial score (nSPS) is 18.5. The maximum absolute atomic E-state index is 12.6. The maximum Gasteiger partial charge on any atom is 0.265 e. The Morgan fingerprint density at radius 1 is 1.12 bits per heavy atom. The van der Waals surface area contributed by atoms with Crippen LogP contribution in [0.25, 0.3) is 6.08 Å². The van der Waals surface area contributed by atoms with Crippen LogP contribution in [0.15, 0.2) is 24.3 Å². The number of hydrazine groups is 1. The summed E-state index contributed by atoms with van der Waals surface area (Å²) in [4.78, 5) is 25.2. The van der Waals surface area contributed by atoms with Crippen molar-refractivity contribution in [1.82, 2.24) is 10.0 Å². The minimum atomic E-state index is -0.275. The highest BCUT2D eigenvalue weighted by atomic mass is 16.5. The molecule has 1 aromatic rings. The molecule has 2 aliphatic rings. The molecular weight excluding hydrogens is 320 g/mol. The molecule has 1 aliphatic carbocycles. The Labute approximate surface area is 148 Å². The van der Waals surface area contributed by atoms with Crippen LogP contribution in [0.2, 0.25) is 0 Å². The Hall–Kier alpha value is -2.50. The van der Waals surface area contributed by atoms with Gasteiger partial charge in [-0.3, -0.25) is 14.6 Å². The quantitative estimate of drug-likeness (QED) is 0.770. The number of benzene rings is 1. The fourth-order valence-corrected chi connectivity index (χ4v) is 2.98. The molecule has 0 unspecified atom stereocenters. The molecule has 1 heterocycles. The van der Waals surface area contributed by atoms with Crippen LogP contribution >= 0.6 is 0 Å². The van der Waals surface area contributed by atoms with Crippen LogP contribution in [0.1, 0.15) is 31.7 Å². The van der Waals surface area contributed by atoms with Crippen molar-refractivity contribution < 1.29 is 19.1 Å². The lowest BCUT2D eigenvalue weighted by Crippen LogP contribution is -2.46. The van der Waals surface area contributed by atoms with E-state index in [9.17, 15) is 9.59 Å². The van der Waals surface area contributed by atoms with Gasteiger partial charge in [-0.05, 0) is 43.5 Å². The highest BCUT2D eigenvalue weighted by Gasteiger charge is 2.49. The number of rotatable bonds is 5. The fraction of sp³-hybridized carbons (Fsp3) is 0.474. The summed E-state index contributed by atoms with van der Waals surface area (Å²) < 4.78 is 10.5. The first-order valence-corrected chi connectivity index (χ1v) is 8.52. The third-order valence-corrected chi connectivity index (χ3v) is 4.88. The van der Waals surface area contributed by atoms with E-state index in [4.69, 9.17) is 9.47 Å². The number of ether oxygens (including phenoxy) is 2. The molecule has 2 amide bonds. The molecule has 1 saturated carbocycles. The molecular formula is C19H24N2O4. The van der Waals surface area contributed by atoms with Crippen LogP contribution in [-0.2, 0) is 9.59 Å². The molecule has 1 saturated heterocycles. The Balaban J connectivity index is 1.75. The molecule has 2 fully saturated rings. The molecule has 0 radical (unpaired) electrons. The maximum atomic E-state index is 12.6. The van der Waals surface area contributed by atoms with Gasteiger partial charge in [-0.1, -0.05) is 6.92 Å². The number of amides is 2. The zero-order chi connectivity index (χ0) is 18.0. The molecule has 0 atom stereocenters. The number of carbonyl (C=O) groups excluding carboxylic acids is 2. The van der Waals surface area contributed by atoms with E-state index < -0.39 is 0 Å². The smallest absolute Gasteiger partial charge is 0.265 e.